The highest BCUT2D eigenvalue weighted by Crippen LogP contribution is 1.96. The summed E-state index contributed by atoms with van der Waals surface area (Å²) in [6.45, 7) is 1.11. The van der Waals surface area contributed by atoms with Crippen molar-refractivity contribution >= 4 is 11.1 Å². The third kappa shape index (κ3) is 1.25. The van der Waals surface area contributed by atoms with E-state index in [2.05, 4.69) is 5.32 Å². The lowest BCUT2D eigenvalue weighted by Gasteiger charge is -2.11. The lowest BCUT2D eigenvalue weighted by atomic mass is 10.7. The van der Waals surface area contributed by atoms with E-state index in [4.69, 9.17) is 4.74 Å². The fraction of sp³-hybridized carbons (Fsp3) is 1.00. The molecule has 1 saturated heterocycles. The highest BCUT2D eigenvalue weighted by atomic mass is 32.2. The van der Waals surface area contributed by atoms with Crippen LogP contribution in [0.3, 0.4) is 0 Å². The minimum absolute atomic E-state index is 0.485. The Kier molecular flexibility index (Phi) is 1.95. The molecular weight excluding hydrogens is 130 g/mol. The van der Waals surface area contributed by atoms with Crippen LogP contribution in [0.2, 0.25) is 0 Å². The van der Waals surface area contributed by atoms with E-state index in [1.807, 2.05) is 0 Å². The van der Waals surface area contributed by atoms with Gasteiger partial charge in [0.2, 0.25) is 0 Å². The molecule has 8 heavy (non-hydrogen) atoms. The van der Waals surface area contributed by atoms with Crippen molar-refractivity contribution in [1.82, 2.24) is 5.32 Å². The molecule has 0 saturated carbocycles. The summed E-state index contributed by atoms with van der Waals surface area (Å²) in [6, 6.07) is 0. The first-order valence-electron chi connectivity index (χ1n) is 2.24. The molecule has 4 nitrogen and oxygen atoms in total. The summed E-state index contributed by atoms with van der Waals surface area (Å²) < 4.78 is 24.7. The second-order valence-electron chi connectivity index (χ2n) is 1.42. The van der Waals surface area contributed by atoms with Gasteiger partial charge in [-0.25, -0.2) is 0 Å². The van der Waals surface area contributed by atoms with Gasteiger partial charge < -0.3 is 9.29 Å². The van der Waals surface area contributed by atoms with Crippen LogP contribution < -0.4 is 5.32 Å². The third-order valence-electron chi connectivity index (χ3n) is 0.857. The van der Waals surface area contributed by atoms with Gasteiger partial charge in [0.25, 0.3) is 0 Å². The quantitative estimate of drug-likeness (QED) is 0.458. The highest BCUT2D eigenvalue weighted by Gasteiger charge is 2.13. The van der Waals surface area contributed by atoms with E-state index < -0.39 is 16.6 Å². The normalized spacial score (nSPS) is 32.9. The molecule has 0 aliphatic carbocycles. The van der Waals surface area contributed by atoms with Crippen LogP contribution in [0.25, 0.3) is 0 Å². The molecule has 48 valence electrons. The van der Waals surface area contributed by atoms with Crippen molar-refractivity contribution in [3.63, 3.8) is 0 Å². The molecule has 2 atom stereocenters. The van der Waals surface area contributed by atoms with Crippen molar-refractivity contribution in [3.05, 3.63) is 0 Å². The summed E-state index contributed by atoms with van der Waals surface area (Å²) in [4.78, 5) is 0. The van der Waals surface area contributed by atoms with Gasteiger partial charge in [-0.05, 0) is 11.1 Å². The van der Waals surface area contributed by atoms with Gasteiger partial charge in [-0.1, -0.05) is 0 Å². The summed E-state index contributed by atoms with van der Waals surface area (Å²) in [5.41, 5.74) is -0.769. The largest absolute Gasteiger partial charge is 0.769 e. The molecular formula is C3H6NO3S-. The average Bonchev–Trinajstić information content (AvgIpc) is 2.12. The van der Waals surface area contributed by atoms with E-state index in [0.29, 0.717) is 13.2 Å². The number of ether oxygens (including phenoxy) is 1. The first-order valence-corrected chi connectivity index (χ1v) is 3.37. The maximum atomic E-state index is 10.0. The summed E-state index contributed by atoms with van der Waals surface area (Å²) >= 11 is -2.12. The molecule has 1 N–H and O–H groups in total. The Morgan fingerprint density at radius 2 is 2.62 bits per heavy atom. The minimum Gasteiger partial charge on any atom is -0.769 e. The van der Waals surface area contributed by atoms with Crippen LogP contribution in [-0.4, -0.2) is 27.5 Å². The standard InChI is InChI=1S/C3H7NO3S/c5-8(6)3-4-1-2-7-3/h3-4H,1-2H2,(H,5,6)/p-1. The zero-order chi connectivity index (χ0) is 5.98. The second-order valence-corrected chi connectivity index (χ2v) is 2.37. The van der Waals surface area contributed by atoms with Crippen molar-refractivity contribution < 1.29 is 13.5 Å². The molecule has 0 aromatic carbocycles. The Bertz CT molecular complexity index is 101. The maximum Gasteiger partial charge on any atom is 0.172 e. The SMILES string of the molecule is O=S([O-])C1NCCO1. The molecule has 0 radical (unpaired) electrons. The molecule has 1 heterocycles. The molecule has 0 amide bonds. The van der Waals surface area contributed by atoms with Crippen LogP contribution in [0.15, 0.2) is 0 Å². The van der Waals surface area contributed by atoms with Gasteiger partial charge >= 0.3 is 0 Å². The molecule has 1 fully saturated rings. The molecule has 5 heteroatoms. The molecule has 1 rings (SSSR count). The van der Waals surface area contributed by atoms with Crippen LogP contribution in [-0.2, 0) is 15.8 Å². The van der Waals surface area contributed by atoms with Crippen molar-refractivity contribution in [2.75, 3.05) is 13.2 Å². The van der Waals surface area contributed by atoms with Crippen molar-refractivity contribution in [2.24, 2.45) is 0 Å². The monoisotopic (exact) mass is 136 g/mol. The molecule has 0 spiro atoms. The predicted molar refractivity (Wildman–Crippen MR) is 26.7 cm³/mol. The molecule has 0 aromatic rings. The van der Waals surface area contributed by atoms with E-state index in [-0.39, 0.29) is 0 Å². The Morgan fingerprint density at radius 3 is 2.88 bits per heavy atom. The fourth-order valence-corrected chi connectivity index (χ4v) is 0.987. The van der Waals surface area contributed by atoms with Crippen molar-refractivity contribution in [3.8, 4) is 0 Å². The number of hydrogen-bond donors (Lipinski definition) is 1. The van der Waals surface area contributed by atoms with Crippen LogP contribution in [0, 0.1) is 0 Å². The Labute approximate surface area is 49.5 Å². The zero-order valence-corrected chi connectivity index (χ0v) is 4.94. The Balaban J connectivity index is 2.35. The summed E-state index contributed by atoms with van der Waals surface area (Å²) in [6.07, 6.45) is 0. The van der Waals surface area contributed by atoms with E-state index in [1.54, 1.807) is 0 Å². The number of hydrogen-bond acceptors (Lipinski definition) is 4. The Morgan fingerprint density at radius 1 is 1.88 bits per heavy atom. The fourth-order valence-electron chi connectivity index (χ4n) is 0.525. The van der Waals surface area contributed by atoms with Gasteiger partial charge in [0.15, 0.2) is 5.56 Å². The van der Waals surface area contributed by atoms with Gasteiger partial charge in [0, 0.05) is 6.54 Å². The van der Waals surface area contributed by atoms with Gasteiger partial charge in [0.05, 0.1) is 6.61 Å². The van der Waals surface area contributed by atoms with Crippen LogP contribution >= 0.6 is 0 Å². The third-order valence-corrected chi connectivity index (χ3v) is 1.51. The summed E-state index contributed by atoms with van der Waals surface area (Å²) in [7, 11) is 0. The summed E-state index contributed by atoms with van der Waals surface area (Å²) in [5.74, 6) is 0. The van der Waals surface area contributed by atoms with Gasteiger partial charge in [0.1, 0.15) is 0 Å². The molecule has 1 aliphatic heterocycles. The average molecular weight is 136 g/mol. The zero-order valence-electron chi connectivity index (χ0n) is 4.12. The topological polar surface area (TPSA) is 61.4 Å². The number of rotatable bonds is 1. The van der Waals surface area contributed by atoms with E-state index in [1.165, 1.54) is 0 Å². The van der Waals surface area contributed by atoms with Crippen LogP contribution in [0.5, 0.6) is 0 Å². The van der Waals surface area contributed by atoms with Crippen LogP contribution in [0.4, 0.5) is 0 Å². The van der Waals surface area contributed by atoms with Crippen LogP contribution in [0.1, 0.15) is 0 Å². The Hall–Kier alpha value is 0.0300. The first-order chi connectivity index (χ1) is 3.80. The van der Waals surface area contributed by atoms with Gasteiger partial charge in [-0.2, -0.15) is 0 Å². The summed E-state index contributed by atoms with van der Waals surface area (Å²) in [5, 5.41) is 2.62. The first kappa shape index (κ1) is 6.15. The smallest absolute Gasteiger partial charge is 0.172 e. The lowest BCUT2D eigenvalue weighted by molar-refractivity contribution is 0.157. The van der Waals surface area contributed by atoms with E-state index in [9.17, 15) is 8.76 Å². The van der Waals surface area contributed by atoms with E-state index in [0.717, 1.165) is 0 Å². The van der Waals surface area contributed by atoms with Gasteiger partial charge in [-0.15, -0.1) is 0 Å². The number of nitrogens with one attached hydrogen (secondary N) is 1. The molecule has 0 bridgehead atoms. The van der Waals surface area contributed by atoms with Crippen molar-refractivity contribution in [2.45, 2.75) is 5.56 Å². The van der Waals surface area contributed by atoms with Crippen molar-refractivity contribution in [1.29, 1.82) is 0 Å². The predicted octanol–water partition coefficient (Wildman–Crippen LogP) is -1.23. The molecule has 2 unspecified atom stereocenters. The van der Waals surface area contributed by atoms with E-state index >= 15 is 0 Å². The lowest BCUT2D eigenvalue weighted by Crippen LogP contribution is -2.26. The molecule has 0 aromatic heterocycles. The second kappa shape index (κ2) is 2.54. The maximum absolute atomic E-state index is 10.0. The molecule has 1 aliphatic rings. The van der Waals surface area contributed by atoms with Gasteiger partial charge in [-0.3, -0.25) is 9.53 Å². The highest BCUT2D eigenvalue weighted by molar-refractivity contribution is 7.79. The minimum atomic E-state index is -2.12.